The van der Waals surface area contributed by atoms with Crippen molar-refractivity contribution in [3.63, 3.8) is 0 Å². The third-order valence-electron chi connectivity index (χ3n) is 5.61. The van der Waals surface area contributed by atoms with Crippen LogP contribution >= 0.6 is 11.8 Å². The predicted molar refractivity (Wildman–Crippen MR) is 132 cm³/mol. The number of anilines is 2. The Balaban J connectivity index is 1.58. The highest BCUT2D eigenvalue weighted by molar-refractivity contribution is 7.98. The lowest BCUT2D eigenvalue weighted by Crippen LogP contribution is -2.32. The van der Waals surface area contributed by atoms with Crippen LogP contribution in [-0.4, -0.2) is 59.5 Å². The summed E-state index contributed by atoms with van der Waals surface area (Å²) in [5.41, 5.74) is 1.98. The van der Waals surface area contributed by atoms with Crippen molar-refractivity contribution in [2.75, 3.05) is 34.9 Å². The zero-order chi connectivity index (χ0) is 25.1. The molecule has 0 bridgehead atoms. The Morgan fingerprint density at radius 1 is 1.20 bits per heavy atom. The van der Waals surface area contributed by atoms with Crippen LogP contribution in [-0.2, 0) is 16.4 Å². The Morgan fingerprint density at radius 3 is 2.57 bits per heavy atom. The minimum absolute atomic E-state index is 0.0615. The molecule has 0 saturated carbocycles. The number of sulfone groups is 1. The van der Waals surface area contributed by atoms with E-state index in [-0.39, 0.29) is 29.8 Å². The summed E-state index contributed by atoms with van der Waals surface area (Å²) in [5.74, 6) is 5.94. The van der Waals surface area contributed by atoms with Gasteiger partial charge in [0, 0.05) is 17.1 Å². The van der Waals surface area contributed by atoms with Crippen LogP contribution in [0.3, 0.4) is 0 Å². The number of nitrogens with zero attached hydrogens (tertiary/aromatic N) is 3. The van der Waals surface area contributed by atoms with Gasteiger partial charge < -0.3 is 15.2 Å². The van der Waals surface area contributed by atoms with Crippen molar-refractivity contribution in [1.82, 2.24) is 14.5 Å². The van der Waals surface area contributed by atoms with Crippen molar-refractivity contribution in [2.45, 2.75) is 36.8 Å². The Kier molecular flexibility index (Phi) is 7.47. The molecule has 1 saturated heterocycles. The van der Waals surface area contributed by atoms with Crippen LogP contribution in [0.2, 0.25) is 0 Å². The number of nitrogens with one attached hydrogen (secondary N) is 2. The summed E-state index contributed by atoms with van der Waals surface area (Å²) in [5, 5.41) is 7.62. The van der Waals surface area contributed by atoms with Crippen molar-refractivity contribution in [2.24, 2.45) is 0 Å². The highest BCUT2D eigenvalue weighted by atomic mass is 32.2. The molecule has 0 spiro atoms. The lowest BCUT2D eigenvalue weighted by molar-refractivity contribution is -0.140. The molecule has 12 heteroatoms. The minimum atomic E-state index is -4.42. The van der Waals surface area contributed by atoms with Crippen molar-refractivity contribution in [1.29, 1.82) is 0 Å². The lowest BCUT2D eigenvalue weighted by atomic mass is 10.1. The number of hydrogen-bond acceptors (Lipinski definition) is 7. The average molecular weight is 524 g/mol. The summed E-state index contributed by atoms with van der Waals surface area (Å²) >= 11 is 1.42. The molecule has 35 heavy (non-hydrogen) atoms. The van der Waals surface area contributed by atoms with Gasteiger partial charge in [-0.15, -0.1) is 0 Å². The fourth-order valence-electron chi connectivity index (χ4n) is 3.91. The Labute approximate surface area is 205 Å². The first-order chi connectivity index (χ1) is 16.6. The number of aromatic nitrogens is 3. The smallest absolute Gasteiger partial charge is 0.382 e. The fourth-order valence-corrected chi connectivity index (χ4v) is 5.72. The molecular formula is C23H24F3N5O2S2. The quantitative estimate of drug-likeness (QED) is 0.285. The van der Waals surface area contributed by atoms with E-state index in [1.165, 1.54) is 11.8 Å². The SMILES string of the molecule is CSc1ncc(NCC#Cc2cc3c(NC4CCS(=O)(=O)CC4)cccc3n2CC(F)(F)F)cn1. The topological polar surface area (TPSA) is 88.9 Å². The van der Waals surface area contributed by atoms with Gasteiger partial charge in [0.15, 0.2) is 5.16 Å². The molecular weight excluding hydrogens is 499 g/mol. The van der Waals surface area contributed by atoms with E-state index in [2.05, 4.69) is 32.4 Å². The second-order valence-corrected chi connectivity index (χ2v) is 11.2. The van der Waals surface area contributed by atoms with Crippen LogP contribution in [0.1, 0.15) is 18.5 Å². The number of rotatable bonds is 6. The fraction of sp³-hybridized carbons (Fsp3) is 0.391. The number of fused-ring (bicyclic) bond motifs is 1. The van der Waals surface area contributed by atoms with Crippen LogP contribution in [0, 0.1) is 11.8 Å². The first-order valence-corrected chi connectivity index (χ1v) is 13.9. The first kappa shape index (κ1) is 25.2. The molecule has 1 aliphatic heterocycles. The van der Waals surface area contributed by atoms with Crippen molar-refractivity contribution < 1.29 is 21.6 Å². The summed E-state index contributed by atoms with van der Waals surface area (Å²) in [7, 11) is -3.01. The van der Waals surface area contributed by atoms with Gasteiger partial charge >= 0.3 is 6.18 Å². The van der Waals surface area contributed by atoms with Gasteiger partial charge in [-0.05, 0) is 43.2 Å². The largest absolute Gasteiger partial charge is 0.406 e. The average Bonchev–Trinajstić information content (AvgIpc) is 3.15. The molecule has 1 aliphatic rings. The molecule has 3 aromatic rings. The summed E-state index contributed by atoms with van der Waals surface area (Å²) in [6, 6.07) is 6.69. The van der Waals surface area contributed by atoms with Crippen LogP contribution in [0.15, 0.2) is 41.8 Å². The molecule has 186 valence electrons. The minimum Gasteiger partial charge on any atom is -0.382 e. The van der Waals surface area contributed by atoms with Crippen LogP contribution in [0.25, 0.3) is 10.9 Å². The first-order valence-electron chi connectivity index (χ1n) is 10.9. The molecule has 0 amide bonds. The molecule has 2 aromatic heterocycles. The third-order valence-corrected chi connectivity index (χ3v) is 7.90. The number of alkyl halides is 3. The van der Waals surface area contributed by atoms with Crippen LogP contribution in [0.4, 0.5) is 24.5 Å². The number of halogens is 3. The Bertz CT molecular complexity index is 1350. The molecule has 2 N–H and O–H groups in total. The Morgan fingerprint density at radius 2 is 1.91 bits per heavy atom. The summed E-state index contributed by atoms with van der Waals surface area (Å²) in [4.78, 5) is 8.31. The molecule has 1 aromatic carbocycles. The molecule has 0 atom stereocenters. The zero-order valence-corrected chi connectivity index (χ0v) is 20.5. The number of benzene rings is 1. The normalized spacial score (nSPS) is 16.0. The summed E-state index contributed by atoms with van der Waals surface area (Å²) in [6.07, 6.45) is 1.61. The second kappa shape index (κ2) is 10.4. The van der Waals surface area contributed by atoms with Gasteiger partial charge in [-0.1, -0.05) is 23.7 Å². The Hall–Kier alpha value is -2.91. The van der Waals surface area contributed by atoms with E-state index >= 15 is 0 Å². The molecule has 0 unspecified atom stereocenters. The van der Waals surface area contributed by atoms with E-state index in [9.17, 15) is 21.6 Å². The maximum Gasteiger partial charge on any atom is 0.406 e. The third kappa shape index (κ3) is 6.61. The van der Waals surface area contributed by atoms with E-state index in [0.29, 0.717) is 40.3 Å². The zero-order valence-electron chi connectivity index (χ0n) is 18.9. The van der Waals surface area contributed by atoms with Gasteiger partial charge in [0.05, 0.1) is 47.3 Å². The monoisotopic (exact) mass is 523 g/mol. The van der Waals surface area contributed by atoms with E-state index in [0.717, 1.165) is 4.57 Å². The van der Waals surface area contributed by atoms with Gasteiger partial charge in [0.25, 0.3) is 0 Å². The number of hydrogen-bond donors (Lipinski definition) is 2. The molecule has 3 heterocycles. The summed E-state index contributed by atoms with van der Waals surface area (Å²) < 4.78 is 64.7. The van der Waals surface area contributed by atoms with Crippen LogP contribution in [0.5, 0.6) is 0 Å². The highest BCUT2D eigenvalue weighted by Crippen LogP contribution is 2.31. The molecule has 1 fully saturated rings. The second-order valence-electron chi connectivity index (χ2n) is 8.15. The molecule has 7 nitrogen and oxygen atoms in total. The van der Waals surface area contributed by atoms with Crippen molar-refractivity contribution in [3.8, 4) is 11.8 Å². The van der Waals surface area contributed by atoms with E-state index < -0.39 is 22.6 Å². The maximum atomic E-state index is 13.4. The van der Waals surface area contributed by atoms with Crippen molar-refractivity contribution >= 4 is 43.9 Å². The van der Waals surface area contributed by atoms with Gasteiger partial charge in [-0.2, -0.15) is 13.2 Å². The lowest BCUT2D eigenvalue weighted by Gasteiger charge is -2.24. The summed E-state index contributed by atoms with van der Waals surface area (Å²) in [6.45, 7) is -0.958. The van der Waals surface area contributed by atoms with E-state index in [1.807, 2.05) is 6.26 Å². The van der Waals surface area contributed by atoms with Crippen molar-refractivity contribution in [3.05, 3.63) is 42.4 Å². The van der Waals surface area contributed by atoms with Gasteiger partial charge in [0.2, 0.25) is 0 Å². The maximum absolute atomic E-state index is 13.4. The molecule has 0 radical (unpaired) electrons. The van der Waals surface area contributed by atoms with Gasteiger partial charge in [0.1, 0.15) is 16.4 Å². The van der Waals surface area contributed by atoms with Crippen LogP contribution < -0.4 is 10.6 Å². The highest BCUT2D eigenvalue weighted by Gasteiger charge is 2.30. The van der Waals surface area contributed by atoms with E-state index in [1.54, 1.807) is 36.7 Å². The van der Waals surface area contributed by atoms with Gasteiger partial charge in [-0.25, -0.2) is 18.4 Å². The van der Waals surface area contributed by atoms with Gasteiger partial charge in [-0.3, -0.25) is 0 Å². The molecule has 0 aliphatic carbocycles. The van der Waals surface area contributed by atoms with E-state index in [4.69, 9.17) is 0 Å². The predicted octanol–water partition coefficient (Wildman–Crippen LogP) is 4.17. The number of thioether (sulfide) groups is 1. The standard InChI is InChI=1S/C23H24F3N5O2S2/c1-34-22-28-13-17(14-29-22)27-9-3-4-18-12-19-20(30-16-7-10-35(32,33)11-8-16)5-2-6-21(19)31(18)15-23(24,25)26/h2,5-6,12-14,16,27,30H,7-11,15H2,1H3. The molecule has 4 rings (SSSR count).